The van der Waals surface area contributed by atoms with Gasteiger partial charge in [-0.15, -0.1) is 0 Å². The van der Waals surface area contributed by atoms with Crippen molar-refractivity contribution in [3.8, 4) is 6.07 Å². The van der Waals surface area contributed by atoms with Crippen molar-refractivity contribution in [2.75, 3.05) is 11.4 Å². The van der Waals surface area contributed by atoms with Gasteiger partial charge in [-0.2, -0.15) is 5.26 Å². The van der Waals surface area contributed by atoms with E-state index in [2.05, 4.69) is 16.0 Å². The van der Waals surface area contributed by atoms with E-state index in [0.29, 0.717) is 16.6 Å². The Morgan fingerprint density at radius 2 is 2.05 bits per heavy atom. The average Bonchev–Trinajstić information content (AvgIpc) is 3.09. The lowest BCUT2D eigenvalue weighted by atomic mass is 9.96. The molecular weight excluding hydrogens is 258 g/mol. The van der Waals surface area contributed by atoms with Gasteiger partial charge < -0.3 is 4.90 Å². The van der Waals surface area contributed by atoms with Crippen molar-refractivity contribution in [2.24, 2.45) is 5.92 Å². The summed E-state index contributed by atoms with van der Waals surface area (Å²) in [5, 5.41) is 9.61. The average molecular weight is 276 g/mol. The van der Waals surface area contributed by atoms with Gasteiger partial charge in [-0.3, -0.25) is 0 Å². The summed E-state index contributed by atoms with van der Waals surface area (Å²) in [6, 6.07) is 4.40. The maximum Gasteiger partial charge on any atom is 0.148 e. The zero-order valence-electron chi connectivity index (χ0n) is 11.0. The zero-order valence-corrected chi connectivity index (χ0v) is 11.7. The van der Waals surface area contributed by atoms with Gasteiger partial charge in [0.1, 0.15) is 16.9 Å². The van der Waals surface area contributed by atoms with Crippen LogP contribution in [0.1, 0.15) is 44.1 Å². The number of rotatable bonds is 2. The van der Waals surface area contributed by atoms with Crippen molar-refractivity contribution < 1.29 is 0 Å². The normalized spacial score (nSPS) is 23.8. The molecule has 4 heteroatoms. The monoisotopic (exact) mass is 275 g/mol. The Balaban J connectivity index is 1.90. The Kier molecular flexibility index (Phi) is 3.61. The highest BCUT2D eigenvalue weighted by Gasteiger charge is 2.35. The highest BCUT2D eigenvalue weighted by Crippen LogP contribution is 2.39. The van der Waals surface area contributed by atoms with Crippen molar-refractivity contribution >= 4 is 17.4 Å². The summed E-state index contributed by atoms with van der Waals surface area (Å²) in [5.41, 5.74) is 0.531. The van der Waals surface area contributed by atoms with Crippen molar-refractivity contribution in [3.63, 3.8) is 0 Å². The molecule has 1 aromatic heterocycles. The third-order valence-corrected chi connectivity index (χ3v) is 4.88. The van der Waals surface area contributed by atoms with Crippen LogP contribution in [0.4, 0.5) is 5.82 Å². The number of aromatic nitrogens is 1. The SMILES string of the molecule is N#Cc1ccnc(N2CCCC2C2CCCC2)c1Cl. The van der Waals surface area contributed by atoms with Crippen LogP contribution < -0.4 is 4.90 Å². The lowest BCUT2D eigenvalue weighted by Gasteiger charge is -2.31. The zero-order chi connectivity index (χ0) is 13.2. The van der Waals surface area contributed by atoms with E-state index in [1.54, 1.807) is 12.3 Å². The molecule has 0 spiro atoms. The summed E-state index contributed by atoms with van der Waals surface area (Å²) in [5.74, 6) is 1.60. The number of hydrogen-bond acceptors (Lipinski definition) is 3. The van der Waals surface area contributed by atoms with Crippen LogP contribution in [0.2, 0.25) is 5.02 Å². The Morgan fingerprint density at radius 3 is 2.79 bits per heavy atom. The van der Waals surface area contributed by atoms with E-state index in [9.17, 15) is 0 Å². The molecule has 2 heterocycles. The van der Waals surface area contributed by atoms with Gasteiger partial charge in [0, 0.05) is 18.8 Å². The maximum atomic E-state index is 9.08. The lowest BCUT2D eigenvalue weighted by Crippen LogP contribution is -2.35. The molecule has 19 heavy (non-hydrogen) atoms. The Morgan fingerprint density at radius 1 is 1.26 bits per heavy atom. The van der Waals surface area contributed by atoms with E-state index < -0.39 is 0 Å². The van der Waals surface area contributed by atoms with Crippen molar-refractivity contribution in [3.05, 3.63) is 22.8 Å². The van der Waals surface area contributed by atoms with E-state index >= 15 is 0 Å². The van der Waals surface area contributed by atoms with E-state index in [1.807, 2.05) is 0 Å². The van der Waals surface area contributed by atoms with Crippen LogP contribution in [0.25, 0.3) is 0 Å². The van der Waals surface area contributed by atoms with Crippen LogP contribution in [0.5, 0.6) is 0 Å². The summed E-state index contributed by atoms with van der Waals surface area (Å²) in [7, 11) is 0. The van der Waals surface area contributed by atoms with Crippen molar-refractivity contribution in [1.82, 2.24) is 4.98 Å². The van der Waals surface area contributed by atoms with E-state index in [1.165, 1.54) is 38.5 Å². The molecule has 1 unspecified atom stereocenters. The summed E-state index contributed by atoms with van der Waals surface area (Å²) in [6.45, 7) is 1.02. The van der Waals surface area contributed by atoms with E-state index in [4.69, 9.17) is 16.9 Å². The first-order valence-electron chi connectivity index (χ1n) is 7.12. The van der Waals surface area contributed by atoms with Crippen LogP contribution in [-0.4, -0.2) is 17.6 Å². The lowest BCUT2D eigenvalue weighted by molar-refractivity contribution is 0.429. The second-order valence-corrected chi connectivity index (χ2v) is 5.93. The highest BCUT2D eigenvalue weighted by molar-refractivity contribution is 6.34. The second-order valence-electron chi connectivity index (χ2n) is 5.56. The molecule has 0 N–H and O–H groups in total. The van der Waals surface area contributed by atoms with Crippen LogP contribution in [-0.2, 0) is 0 Å². The maximum absolute atomic E-state index is 9.08. The standard InChI is InChI=1S/C15H18ClN3/c16-14-12(10-17)7-8-18-15(14)19-9-3-6-13(19)11-4-1-2-5-11/h7-8,11,13H,1-6,9H2. The van der Waals surface area contributed by atoms with Crippen LogP contribution in [0.3, 0.4) is 0 Å². The Bertz CT molecular complexity index is 503. The fraction of sp³-hybridized carbons (Fsp3) is 0.600. The van der Waals surface area contributed by atoms with Gasteiger partial charge in [0.15, 0.2) is 0 Å². The van der Waals surface area contributed by atoms with Crippen molar-refractivity contribution in [2.45, 2.75) is 44.6 Å². The number of hydrogen-bond donors (Lipinski definition) is 0. The Labute approximate surface area is 119 Å². The predicted octanol–water partition coefficient (Wildman–Crippen LogP) is 3.77. The summed E-state index contributed by atoms with van der Waals surface area (Å²) < 4.78 is 0. The van der Waals surface area contributed by atoms with Gasteiger partial charge in [-0.25, -0.2) is 4.98 Å². The minimum Gasteiger partial charge on any atom is -0.352 e. The predicted molar refractivity (Wildman–Crippen MR) is 76.3 cm³/mol. The molecule has 0 radical (unpaired) electrons. The number of nitriles is 1. The molecule has 0 aromatic carbocycles. The molecule has 1 aliphatic heterocycles. The molecular formula is C15H18ClN3. The molecule has 1 atom stereocenters. The molecule has 0 amide bonds. The fourth-order valence-electron chi connectivity index (χ4n) is 3.61. The van der Waals surface area contributed by atoms with Gasteiger partial charge in [0.25, 0.3) is 0 Å². The molecule has 3 nitrogen and oxygen atoms in total. The van der Waals surface area contributed by atoms with Gasteiger partial charge in [-0.05, 0) is 37.7 Å². The topological polar surface area (TPSA) is 39.9 Å². The third-order valence-electron chi connectivity index (χ3n) is 4.51. The van der Waals surface area contributed by atoms with Crippen LogP contribution in [0, 0.1) is 17.2 Å². The Hall–Kier alpha value is -1.27. The highest BCUT2D eigenvalue weighted by atomic mass is 35.5. The molecule has 1 aromatic rings. The fourth-order valence-corrected chi connectivity index (χ4v) is 3.87. The number of anilines is 1. The molecule has 2 aliphatic rings. The van der Waals surface area contributed by atoms with Gasteiger partial charge >= 0.3 is 0 Å². The smallest absolute Gasteiger partial charge is 0.148 e. The van der Waals surface area contributed by atoms with E-state index in [0.717, 1.165) is 18.3 Å². The molecule has 0 bridgehead atoms. The van der Waals surface area contributed by atoms with Gasteiger partial charge in [0.2, 0.25) is 0 Å². The van der Waals surface area contributed by atoms with E-state index in [-0.39, 0.29) is 0 Å². The minimum atomic E-state index is 0.523. The van der Waals surface area contributed by atoms with Gasteiger partial charge in [-0.1, -0.05) is 24.4 Å². The largest absolute Gasteiger partial charge is 0.352 e. The first kappa shape index (κ1) is 12.7. The number of halogens is 1. The second kappa shape index (κ2) is 5.38. The summed E-state index contributed by atoms with van der Waals surface area (Å²) >= 11 is 6.33. The minimum absolute atomic E-state index is 0.523. The first-order valence-corrected chi connectivity index (χ1v) is 7.50. The molecule has 1 saturated heterocycles. The van der Waals surface area contributed by atoms with Crippen LogP contribution in [0.15, 0.2) is 12.3 Å². The molecule has 1 saturated carbocycles. The molecule has 3 rings (SSSR count). The number of pyridine rings is 1. The molecule has 100 valence electrons. The summed E-state index contributed by atoms with van der Waals surface area (Å²) in [6.07, 6.45) is 9.51. The quantitative estimate of drug-likeness (QED) is 0.825. The van der Waals surface area contributed by atoms with Crippen LogP contribution >= 0.6 is 11.6 Å². The third kappa shape index (κ3) is 2.30. The molecule has 1 aliphatic carbocycles. The van der Waals surface area contributed by atoms with Gasteiger partial charge in [0.05, 0.1) is 5.56 Å². The molecule has 2 fully saturated rings. The number of nitrogens with zero attached hydrogens (tertiary/aromatic N) is 3. The first-order chi connectivity index (χ1) is 9.31. The van der Waals surface area contributed by atoms with Crippen molar-refractivity contribution in [1.29, 1.82) is 5.26 Å². The summed E-state index contributed by atoms with van der Waals surface area (Å²) in [4.78, 5) is 6.78.